The number of amides is 1. The summed E-state index contributed by atoms with van der Waals surface area (Å²) in [6.45, 7) is 7.98. The van der Waals surface area contributed by atoms with Gasteiger partial charge in [-0.25, -0.2) is 4.98 Å². The van der Waals surface area contributed by atoms with Gasteiger partial charge in [-0.1, -0.05) is 12.1 Å². The molecule has 3 aromatic rings. The van der Waals surface area contributed by atoms with Crippen molar-refractivity contribution in [2.75, 3.05) is 6.61 Å². The molecule has 0 aliphatic carbocycles. The summed E-state index contributed by atoms with van der Waals surface area (Å²) in [5.74, 6) is 0.839. The minimum atomic E-state index is -0.601. The molecule has 0 atom stereocenters. The summed E-state index contributed by atoms with van der Waals surface area (Å²) in [6.07, 6.45) is 1.99. The Hall–Kier alpha value is -2.87. The molecule has 1 aliphatic rings. The zero-order valence-corrected chi connectivity index (χ0v) is 18.7. The first-order valence-corrected chi connectivity index (χ1v) is 9.81. The van der Waals surface area contributed by atoms with Crippen LogP contribution in [0, 0.1) is 0 Å². The Balaban J connectivity index is 0.00000272. The number of halogens is 1. The van der Waals surface area contributed by atoms with Crippen molar-refractivity contribution < 1.29 is 14.7 Å². The number of H-pyrrole nitrogens is 1. The SMILES string of the molecule is CC1(C)C=C(COc2ccc(-c3nc4c(C(N)=O)cccc4[nH]3)cc2)C(C)(C)N1[O].Cl. The maximum Gasteiger partial charge on any atom is 0.250 e. The predicted molar refractivity (Wildman–Crippen MR) is 122 cm³/mol. The molecular weight excluding hydrogens is 416 g/mol. The van der Waals surface area contributed by atoms with Crippen molar-refractivity contribution in [1.29, 1.82) is 0 Å². The number of hydroxylamine groups is 2. The summed E-state index contributed by atoms with van der Waals surface area (Å²) in [4.78, 5) is 19.4. The lowest BCUT2D eigenvalue weighted by Gasteiger charge is -2.33. The third-order valence-corrected chi connectivity index (χ3v) is 5.64. The van der Waals surface area contributed by atoms with Gasteiger partial charge in [0.05, 0.1) is 22.2 Å². The van der Waals surface area contributed by atoms with E-state index in [2.05, 4.69) is 9.97 Å². The summed E-state index contributed by atoms with van der Waals surface area (Å²) in [7, 11) is 0. The average Bonchev–Trinajstić information content (AvgIpc) is 3.20. The van der Waals surface area contributed by atoms with E-state index in [9.17, 15) is 10.0 Å². The number of hydrogen-bond acceptors (Lipinski definition) is 4. The van der Waals surface area contributed by atoms with Crippen LogP contribution in [0.4, 0.5) is 0 Å². The molecule has 0 fully saturated rings. The number of carbonyl (C=O) groups is 1. The Morgan fingerprint density at radius 1 is 1.13 bits per heavy atom. The lowest BCUT2D eigenvalue weighted by atomic mass is 9.97. The topological polar surface area (TPSA) is 104 Å². The number of nitrogens with two attached hydrogens (primary N) is 1. The van der Waals surface area contributed by atoms with E-state index in [0.717, 1.165) is 21.7 Å². The lowest BCUT2D eigenvalue weighted by Crippen LogP contribution is -2.47. The molecule has 1 aromatic heterocycles. The summed E-state index contributed by atoms with van der Waals surface area (Å²) in [5.41, 5.74) is 7.81. The molecule has 1 radical (unpaired) electrons. The van der Waals surface area contributed by atoms with Gasteiger partial charge < -0.3 is 15.5 Å². The predicted octanol–water partition coefficient (Wildman–Crippen LogP) is 4.27. The quantitative estimate of drug-likeness (QED) is 0.576. The number of aromatic amines is 1. The summed E-state index contributed by atoms with van der Waals surface area (Å²) < 4.78 is 5.94. The molecule has 1 aliphatic heterocycles. The smallest absolute Gasteiger partial charge is 0.250 e. The van der Waals surface area contributed by atoms with E-state index < -0.39 is 17.0 Å². The number of nitrogens with zero attached hydrogens (tertiary/aromatic N) is 2. The number of nitrogens with one attached hydrogen (secondary N) is 1. The van der Waals surface area contributed by atoms with Gasteiger partial charge in [0.15, 0.2) is 0 Å². The van der Waals surface area contributed by atoms with Crippen molar-refractivity contribution >= 4 is 29.3 Å². The summed E-state index contributed by atoms with van der Waals surface area (Å²) in [5, 5.41) is 13.6. The third kappa shape index (κ3) is 4.04. The van der Waals surface area contributed by atoms with Crippen LogP contribution in [0.2, 0.25) is 0 Å². The Bertz CT molecular complexity index is 1150. The van der Waals surface area contributed by atoms with Gasteiger partial charge in [-0.15, -0.1) is 22.7 Å². The van der Waals surface area contributed by atoms with Crippen LogP contribution in [0.15, 0.2) is 54.1 Å². The highest BCUT2D eigenvalue weighted by Crippen LogP contribution is 2.38. The zero-order valence-electron chi connectivity index (χ0n) is 17.9. The monoisotopic (exact) mass is 441 g/mol. The van der Waals surface area contributed by atoms with E-state index in [1.165, 1.54) is 0 Å². The number of hydrogen-bond donors (Lipinski definition) is 2. The van der Waals surface area contributed by atoms with Crippen molar-refractivity contribution in [3.8, 4) is 17.1 Å². The number of aromatic nitrogens is 2. The van der Waals surface area contributed by atoms with E-state index in [1.54, 1.807) is 12.1 Å². The molecule has 2 aromatic carbocycles. The van der Waals surface area contributed by atoms with E-state index in [-0.39, 0.29) is 12.4 Å². The minimum Gasteiger partial charge on any atom is -0.489 e. The van der Waals surface area contributed by atoms with Gasteiger partial charge in [0.2, 0.25) is 0 Å². The van der Waals surface area contributed by atoms with Gasteiger partial charge in [-0.3, -0.25) is 4.79 Å². The standard InChI is InChI=1S/C23H25N4O3.ClH/c1-22(2)12-15(23(3,4)27(22)29)13-30-16-10-8-14(9-11-16)21-25-18-7-5-6-17(20(24)28)19(18)26-21;/h5-12H,13H2,1-4H3,(H2,24,28)(H,25,26);1H. The fourth-order valence-corrected chi connectivity index (χ4v) is 3.97. The molecule has 0 saturated heterocycles. The molecule has 1 amide bonds. The maximum atomic E-state index is 12.5. The molecule has 3 N–H and O–H groups in total. The van der Waals surface area contributed by atoms with Crippen LogP contribution in [0.5, 0.6) is 5.75 Å². The first-order chi connectivity index (χ1) is 14.1. The molecule has 4 rings (SSSR count). The third-order valence-electron chi connectivity index (χ3n) is 5.64. The molecule has 0 bridgehead atoms. The summed E-state index contributed by atoms with van der Waals surface area (Å²) >= 11 is 0. The second-order valence-electron chi connectivity index (χ2n) is 8.64. The van der Waals surface area contributed by atoms with E-state index in [1.807, 2.05) is 64.1 Å². The number of primary amides is 1. The fraction of sp³-hybridized carbons (Fsp3) is 0.304. The molecule has 0 spiro atoms. The van der Waals surface area contributed by atoms with Crippen molar-refractivity contribution in [2.45, 2.75) is 38.8 Å². The number of benzene rings is 2. The highest BCUT2D eigenvalue weighted by Gasteiger charge is 2.46. The number of fused-ring (bicyclic) bond motifs is 1. The second kappa shape index (κ2) is 8.00. The van der Waals surface area contributed by atoms with Gasteiger partial charge in [0, 0.05) is 5.56 Å². The Labute approximate surface area is 187 Å². The number of carbonyl (C=O) groups excluding carboxylic acids is 1. The van der Waals surface area contributed by atoms with Crippen molar-refractivity contribution in [1.82, 2.24) is 15.0 Å². The van der Waals surface area contributed by atoms with Crippen LogP contribution in [0.1, 0.15) is 38.1 Å². The van der Waals surface area contributed by atoms with Crippen LogP contribution in [-0.2, 0) is 5.21 Å². The van der Waals surface area contributed by atoms with Crippen molar-refractivity contribution in [3.05, 3.63) is 59.7 Å². The highest BCUT2D eigenvalue weighted by molar-refractivity contribution is 6.04. The number of rotatable bonds is 5. The molecule has 0 saturated carbocycles. The van der Waals surface area contributed by atoms with Crippen LogP contribution in [0.3, 0.4) is 0 Å². The minimum absolute atomic E-state index is 0. The molecule has 2 heterocycles. The van der Waals surface area contributed by atoms with Crippen LogP contribution in [0.25, 0.3) is 22.4 Å². The van der Waals surface area contributed by atoms with E-state index in [0.29, 0.717) is 29.3 Å². The normalized spacial score (nSPS) is 17.3. The zero-order chi connectivity index (χ0) is 21.7. The van der Waals surface area contributed by atoms with Gasteiger partial charge >= 0.3 is 0 Å². The molecule has 163 valence electrons. The van der Waals surface area contributed by atoms with Crippen LogP contribution >= 0.6 is 12.4 Å². The van der Waals surface area contributed by atoms with Crippen molar-refractivity contribution in [3.63, 3.8) is 0 Å². The first-order valence-electron chi connectivity index (χ1n) is 9.81. The highest BCUT2D eigenvalue weighted by atomic mass is 35.5. The van der Waals surface area contributed by atoms with E-state index >= 15 is 0 Å². The van der Waals surface area contributed by atoms with E-state index in [4.69, 9.17) is 10.5 Å². The van der Waals surface area contributed by atoms with Gasteiger partial charge in [-0.2, -0.15) is 0 Å². The van der Waals surface area contributed by atoms with Gasteiger partial charge in [-0.05, 0) is 69.7 Å². The average molecular weight is 442 g/mol. The Kier molecular flexibility index (Phi) is 5.88. The second-order valence-corrected chi connectivity index (χ2v) is 8.64. The Morgan fingerprint density at radius 3 is 2.39 bits per heavy atom. The lowest BCUT2D eigenvalue weighted by molar-refractivity contribution is -0.239. The van der Waals surface area contributed by atoms with Gasteiger partial charge in [0.1, 0.15) is 23.7 Å². The fourth-order valence-electron chi connectivity index (χ4n) is 3.97. The van der Waals surface area contributed by atoms with Gasteiger partial charge in [0.25, 0.3) is 5.91 Å². The molecular formula is C23H26ClN4O3. The number of para-hydroxylation sites is 1. The summed E-state index contributed by atoms with van der Waals surface area (Å²) in [6, 6.07) is 12.8. The van der Waals surface area contributed by atoms with Crippen molar-refractivity contribution in [2.24, 2.45) is 5.73 Å². The number of ether oxygens (including phenoxy) is 1. The molecule has 7 nitrogen and oxygen atoms in total. The molecule has 0 unspecified atom stereocenters. The largest absolute Gasteiger partial charge is 0.489 e. The first kappa shape index (κ1) is 22.8. The number of imidazole rings is 1. The van der Waals surface area contributed by atoms with Crippen LogP contribution < -0.4 is 10.5 Å². The molecule has 8 heteroatoms. The van der Waals surface area contributed by atoms with Crippen LogP contribution in [-0.4, -0.2) is 38.6 Å². The molecule has 31 heavy (non-hydrogen) atoms. The Morgan fingerprint density at radius 2 is 1.81 bits per heavy atom. The maximum absolute atomic E-state index is 12.5.